The SMILES string of the molecule is CCOC(=O)N/N=C\c1ccc(Br)cc1. The van der Waals surface area contributed by atoms with Crippen LogP contribution in [0, 0.1) is 0 Å². The van der Waals surface area contributed by atoms with Crippen LogP contribution < -0.4 is 5.43 Å². The van der Waals surface area contributed by atoms with Crippen molar-refractivity contribution in [3.63, 3.8) is 0 Å². The molecule has 0 atom stereocenters. The fraction of sp³-hybridized carbons (Fsp3) is 0.200. The minimum atomic E-state index is -0.550. The molecule has 80 valence electrons. The zero-order valence-electron chi connectivity index (χ0n) is 8.24. The van der Waals surface area contributed by atoms with E-state index in [-0.39, 0.29) is 0 Å². The third-order valence-electron chi connectivity index (χ3n) is 1.51. The number of ether oxygens (including phenoxy) is 1. The number of halogens is 1. The summed E-state index contributed by atoms with van der Waals surface area (Å²) in [5, 5.41) is 3.72. The highest BCUT2D eigenvalue weighted by molar-refractivity contribution is 9.10. The average Bonchev–Trinajstić information content (AvgIpc) is 2.21. The van der Waals surface area contributed by atoms with Gasteiger partial charge >= 0.3 is 6.09 Å². The third kappa shape index (κ3) is 4.60. The van der Waals surface area contributed by atoms with Gasteiger partial charge in [0.25, 0.3) is 0 Å². The van der Waals surface area contributed by atoms with Gasteiger partial charge in [0.05, 0.1) is 12.8 Å². The number of hydrogen-bond donors (Lipinski definition) is 1. The lowest BCUT2D eigenvalue weighted by Gasteiger charge is -1.98. The Morgan fingerprint density at radius 1 is 1.53 bits per heavy atom. The van der Waals surface area contributed by atoms with Gasteiger partial charge in [-0.3, -0.25) is 0 Å². The lowest BCUT2D eigenvalue weighted by molar-refractivity contribution is 0.152. The van der Waals surface area contributed by atoms with Crippen LogP contribution in [0.25, 0.3) is 0 Å². The second-order valence-corrected chi connectivity index (χ2v) is 3.56. The van der Waals surface area contributed by atoms with Crippen molar-refractivity contribution >= 4 is 28.2 Å². The number of nitrogens with zero attached hydrogens (tertiary/aromatic N) is 1. The number of carbonyl (C=O) groups excluding carboxylic acids is 1. The van der Waals surface area contributed by atoms with Crippen LogP contribution in [0.1, 0.15) is 12.5 Å². The number of benzene rings is 1. The Morgan fingerprint density at radius 3 is 2.80 bits per heavy atom. The summed E-state index contributed by atoms with van der Waals surface area (Å²) in [6.07, 6.45) is 0.995. The van der Waals surface area contributed by atoms with Gasteiger partial charge in [-0.25, -0.2) is 10.2 Å². The van der Waals surface area contributed by atoms with E-state index in [9.17, 15) is 4.79 Å². The summed E-state index contributed by atoms with van der Waals surface area (Å²) in [6, 6.07) is 7.54. The largest absolute Gasteiger partial charge is 0.449 e. The summed E-state index contributed by atoms with van der Waals surface area (Å²) < 4.78 is 5.63. The van der Waals surface area contributed by atoms with Gasteiger partial charge in [0.1, 0.15) is 0 Å². The molecule has 0 unspecified atom stereocenters. The smallest absolute Gasteiger partial charge is 0.427 e. The van der Waals surface area contributed by atoms with Gasteiger partial charge in [-0.2, -0.15) is 5.10 Å². The summed E-state index contributed by atoms with van der Waals surface area (Å²) in [4.78, 5) is 10.8. The van der Waals surface area contributed by atoms with Crippen molar-refractivity contribution in [1.82, 2.24) is 5.43 Å². The Morgan fingerprint density at radius 2 is 2.20 bits per heavy atom. The molecule has 0 aliphatic rings. The number of amides is 1. The summed E-state index contributed by atoms with van der Waals surface area (Å²) >= 11 is 3.32. The molecule has 1 aromatic rings. The third-order valence-corrected chi connectivity index (χ3v) is 2.04. The van der Waals surface area contributed by atoms with E-state index in [4.69, 9.17) is 0 Å². The molecule has 0 aromatic heterocycles. The Bertz CT molecular complexity index is 349. The molecule has 0 aliphatic carbocycles. The van der Waals surface area contributed by atoms with Gasteiger partial charge in [0, 0.05) is 4.47 Å². The Kier molecular flexibility index (Phi) is 4.83. The van der Waals surface area contributed by atoms with Crippen molar-refractivity contribution in [3.8, 4) is 0 Å². The average molecular weight is 271 g/mol. The number of hydrazone groups is 1. The van der Waals surface area contributed by atoms with Crippen LogP contribution in [-0.4, -0.2) is 18.9 Å². The van der Waals surface area contributed by atoms with Crippen molar-refractivity contribution < 1.29 is 9.53 Å². The van der Waals surface area contributed by atoms with Crippen LogP contribution in [0.15, 0.2) is 33.8 Å². The molecule has 15 heavy (non-hydrogen) atoms. The first-order valence-corrected chi connectivity index (χ1v) is 5.23. The van der Waals surface area contributed by atoms with Crippen LogP contribution in [0.4, 0.5) is 4.79 Å². The molecule has 0 fully saturated rings. The molecule has 1 rings (SSSR count). The highest BCUT2D eigenvalue weighted by atomic mass is 79.9. The molecule has 0 saturated heterocycles. The zero-order chi connectivity index (χ0) is 11.1. The van der Waals surface area contributed by atoms with E-state index < -0.39 is 6.09 Å². The minimum absolute atomic E-state index is 0.333. The molecule has 0 heterocycles. The van der Waals surface area contributed by atoms with Gasteiger partial charge in [-0.1, -0.05) is 28.1 Å². The van der Waals surface area contributed by atoms with E-state index in [0.29, 0.717) is 6.61 Å². The topological polar surface area (TPSA) is 50.7 Å². The maximum absolute atomic E-state index is 10.8. The first-order chi connectivity index (χ1) is 7.22. The normalized spacial score (nSPS) is 10.3. The van der Waals surface area contributed by atoms with Gasteiger partial charge in [-0.05, 0) is 24.6 Å². The van der Waals surface area contributed by atoms with Crippen LogP contribution in [0.5, 0.6) is 0 Å². The molecule has 0 aliphatic heterocycles. The first kappa shape index (κ1) is 11.7. The quantitative estimate of drug-likeness (QED) is 0.678. The highest BCUT2D eigenvalue weighted by Crippen LogP contribution is 2.08. The first-order valence-electron chi connectivity index (χ1n) is 4.43. The van der Waals surface area contributed by atoms with E-state index in [1.165, 1.54) is 0 Å². The predicted octanol–water partition coefficient (Wildman–Crippen LogP) is 2.53. The summed E-state index contributed by atoms with van der Waals surface area (Å²) in [5.74, 6) is 0. The van der Waals surface area contributed by atoms with Crippen LogP contribution >= 0.6 is 15.9 Å². The Balaban J connectivity index is 2.44. The summed E-state index contributed by atoms with van der Waals surface area (Å²) in [6.45, 7) is 2.07. The van der Waals surface area contributed by atoms with Gasteiger partial charge in [0.2, 0.25) is 0 Å². The minimum Gasteiger partial charge on any atom is -0.449 e. The molecule has 4 nitrogen and oxygen atoms in total. The summed E-state index contributed by atoms with van der Waals surface area (Å²) in [5.41, 5.74) is 3.14. The Labute approximate surface area is 96.4 Å². The number of rotatable bonds is 3. The monoisotopic (exact) mass is 270 g/mol. The second-order valence-electron chi connectivity index (χ2n) is 2.64. The molecule has 1 amide bonds. The standard InChI is InChI=1S/C10H11BrN2O2/c1-2-15-10(14)13-12-7-8-3-5-9(11)6-4-8/h3-7H,2H2,1H3,(H,13,14)/b12-7-. The predicted molar refractivity (Wildman–Crippen MR) is 61.9 cm³/mol. The maximum atomic E-state index is 10.8. The fourth-order valence-corrected chi connectivity index (χ4v) is 1.14. The van der Waals surface area contributed by atoms with Gasteiger partial charge < -0.3 is 4.74 Å². The molecule has 0 spiro atoms. The molecule has 0 saturated carbocycles. The molecule has 0 bridgehead atoms. The lowest BCUT2D eigenvalue weighted by Crippen LogP contribution is -2.18. The molecular formula is C10H11BrN2O2. The van der Waals surface area contributed by atoms with Crippen LogP contribution in [0.2, 0.25) is 0 Å². The van der Waals surface area contributed by atoms with E-state index in [0.717, 1.165) is 10.0 Å². The molecule has 0 radical (unpaired) electrons. The van der Waals surface area contributed by atoms with E-state index >= 15 is 0 Å². The molecule has 5 heteroatoms. The van der Waals surface area contributed by atoms with Crippen LogP contribution in [0.3, 0.4) is 0 Å². The van der Waals surface area contributed by atoms with Crippen molar-refractivity contribution in [2.45, 2.75) is 6.92 Å². The lowest BCUT2D eigenvalue weighted by atomic mass is 10.2. The van der Waals surface area contributed by atoms with Crippen LogP contribution in [-0.2, 0) is 4.74 Å². The van der Waals surface area contributed by atoms with Crippen molar-refractivity contribution in [2.75, 3.05) is 6.61 Å². The van der Waals surface area contributed by atoms with Crippen molar-refractivity contribution in [1.29, 1.82) is 0 Å². The van der Waals surface area contributed by atoms with E-state index in [1.54, 1.807) is 13.1 Å². The van der Waals surface area contributed by atoms with E-state index in [1.807, 2.05) is 24.3 Å². The molecular weight excluding hydrogens is 260 g/mol. The maximum Gasteiger partial charge on any atom is 0.427 e. The van der Waals surface area contributed by atoms with Crippen molar-refractivity contribution in [2.24, 2.45) is 5.10 Å². The highest BCUT2D eigenvalue weighted by Gasteiger charge is 1.95. The van der Waals surface area contributed by atoms with E-state index in [2.05, 4.69) is 31.2 Å². The van der Waals surface area contributed by atoms with Gasteiger partial charge in [0.15, 0.2) is 0 Å². The second kappa shape index (κ2) is 6.19. The van der Waals surface area contributed by atoms with Crippen molar-refractivity contribution in [3.05, 3.63) is 34.3 Å². The Hall–Kier alpha value is -1.36. The number of nitrogens with one attached hydrogen (secondary N) is 1. The fourth-order valence-electron chi connectivity index (χ4n) is 0.872. The zero-order valence-corrected chi connectivity index (χ0v) is 9.82. The number of carbonyl (C=O) groups is 1. The number of hydrogen-bond acceptors (Lipinski definition) is 3. The molecule has 1 N–H and O–H groups in total. The molecule has 1 aromatic carbocycles. The summed E-state index contributed by atoms with van der Waals surface area (Å²) in [7, 11) is 0. The van der Waals surface area contributed by atoms with Gasteiger partial charge in [-0.15, -0.1) is 0 Å².